The van der Waals surface area contributed by atoms with Crippen LogP contribution in [-0.2, 0) is 4.79 Å². The summed E-state index contributed by atoms with van der Waals surface area (Å²) in [6, 6.07) is 0. The number of hydrogen-bond donors (Lipinski definition) is 1. The molecule has 2 N–H and O–H groups in total. The molecule has 0 radical (unpaired) electrons. The summed E-state index contributed by atoms with van der Waals surface area (Å²) < 4.78 is 0. The smallest absolute Gasteiger partial charge is 0.159 e. The van der Waals surface area contributed by atoms with Crippen LogP contribution in [0.25, 0.3) is 0 Å². The molecule has 3 heteroatoms. The van der Waals surface area contributed by atoms with Gasteiger partial charge in [-0.25, -0.2) is 0 Å². The zero-order valence-electron chi connectivity index (χ0n) is 4.15. The first-order valence-electron chi connectivity index (χ1n) is 2.05. The minimum atomic E-state index is -0.0856. The molecule has 0 aliphatic carbocycles. The van der Waals surface area contributed by atoms with E-state index in [4.69, 9.17) is 5.73 Å². The molecule has 0 aliphatic rings. The molecule has 0 bridgehead atoms. The average molecular weight is 166 g/mol. The first-order valence-corrected chi connectivity index (χ1v) is 2.97. The normalized spacial score (nSPS) is 13.6. The third kappa shape index (κ3) is 2.76. The van der Waals surface area contributed by atoms with Crippen molar-refractivity contribution in [2.45, 2.75) is 11.8 Å². The van der Waals surface area contributed by atoms with Crippen LogP contribution >= 0.6 is 15.9 Å². The van der Waals surface area contributed by atoms with E-state index in [-0.39, 0.29) is 17.2 Å². The van der Waals surface area contributed by atoms with Gasteiger partial charge in [-0.05, 0) is 6.92 Å². The molecule has 1 atom stereocenters. The van der Waals surface area contributed by atoms with E-state index in [1.54, 1.807) is 6.92 Å². The molecule has 0 aliphatic heterocycles. The minimum Gasteiger partial charge on any atom is -0.324 e. The topological polar surface area (TPSA) is 43.1 Å². The van der Waals surface area contributed by atoms with E-state index in [0.29, 0.717) is 0 Å². The van der Waals surface area contributed by atoms with Gasteiger partial charge in [-0.2, -0.15) is 0 Å². The molecular weight excluding hydrogens is 158 g/mol. The van der Waals surface area contributed by atoms with E-state index in [1.807, 2.05) is 0 Å². The Morgan fingerprint density at radius 1 is 2.00 bits per heavy atom. The maximum absolute atomic E-state index is 10.3. The zero-order chi connectivity index (χ0) is 5.86. The molecule has 2 nitrogen and oxygen atoms in total. The van der Waals surface area contributed by atoms with Crippen molar-refractivity contribution in [1.29, 1.82) is 0 Å². The number of rotatable bonds is 2. The highest BCUT2D eigenvalue weighted by atomic mass is 79.9. The van der Waals surface area contributed by atoms with Crippen LogP contribution in [0.1, 0.15) is 6.92 Å². The molecule has 7 heavy (non-hydrogen) atoms. The largest absolute Gasteiger partial charge is 0.324 e. The van der Waals surface area contributed by atoms with Crippen LogP contribution in [-0.4, -0.2) is 17.2 Å². The van der Waals surface area contributed by atoms with Gasteiger partial charge in [-0.1, -0.05) is 15.9 Å². The fourth-order valence-corrected chi connectivity index (χ4v) is 0.349. The van der Waals surface area contributed by atoms with Crippen molar-refractivity contribution >= 4 is 21.7 Å². The van der Waals surface area contributed by atoms with Crippen LogP contribution in [0, 0.1) is 0 Å². The SMILES string of the molecule is CC(Br)C(=O)CN. The lowest BCUT2D eigenvalue weighted by Crippen LogP contribution is -2.20. The van der Waals surface area contributed by atoms with Gasteiger partial charge in [0.2, 0.25) is 0 Å². The van der Waals surface area contributed by atoms with E-state index in [0.717, 1.165) is 0 Å². The van der Waals surface area contributed by atoms with Crippen molar-refractivity contribution < 1.29 is 4.79 Å². The van der Waals surface area contributed by atoms with Gasteiger partial charge in [0, 0.05) is 0 Å². The van der Waals surface area contributed by atoms with Crippen LogP contribution < -0.4 is 5.73 Å². The van der Waals surface area contributed by atoms with Crippen molar-refractivity contribution in [3.05, 3.63) is 0 Å². The van der Waals surface area contributed by atoms with Crippen LogP contribution in [0.4, 0.5) is 0 Å². The summed E-state index contributed by atoms with van der Waals surface area (Å²) in [6.45, 7) is 1.89. The fourth-order valence-electron chi connectivity index (χ4n) is 0.162. The number of carbonyl (C=O) groups excluding carboxylic acids is 1. The third-order valence-electron chi connectivity index (χ3n) is 0.645. The number of halogens is 1. The Morgan fingerprint density at radius 2 is 2.43 bits per heavy atom. The first-order chi connectivity index (χ1) is 3.18. The monoisotopic (exact) mass is 165 g/mol. The summed E-state index contributed by atoms with van der Waals surface area (Å²) in [5, 5.41) is 0. The van der Waals surface area contributed by atoms with Crippen LogP contribution in [0.3, 0.4) is 0 Å². The molecule has 1 unspecified atom stereocenters. The Morgan fingerprint density at radius 3 is 2.43 bits per heavy atom. The standard InChI is InChI=1S/C4H8BrNO/c1-3(5)4(7)2-6/h3H,2,6H2,1H3. The lowest BCUT2D eigenvalue weighted by Gasteiger charge is -1.94. The molecule has 0 aromatic carbocycles. The van der Waals surface area contributed by atoms with Crippen LogP contribution in [0.5, 0.6) is 0 Å². The molecule has 0 aromatic rings. The Hall–Kier alpha value is 0.110. The summed E-state index contributed by atoms with van der Waals surface area (Å²) in [5.41, 5.74) is 4.99. The predicted octanol–water partition coefficient (Wildman–Crippen LogP) is 0.298. The first kappa shape index (κ1) is 7.11. The maximum atomic E-state index is 10.3. The minimum absolute atomic E-state index is 0.0417. The van der Waals surface area contributed by atoms with Gasteiger partial charge >= 0.3 is 0 Å². The van der Waals surface area contributed by atoms with E-state index >= 15 is 0 Å². The second-order valence-corrected chi connectivity index (χ2v) is 2.66. The average Bonchev–Trinajstić information content (AvgIpc) is 1.65. The number of carbonyl (C=O) groups is 1. The number of alkyl halides is 1. The van der Waals surface area contributed by atoms with E-state index in [2.05, 4.69) is 15.9 Å². The predicted molar refractivity (Wildman–Crippen MR) is 32.5 cm³/mol. The highest BCUT2D eigenvalue weighted by Crippen LogP contribution is 1.95. The summed E-state index contributed by atoms with van der Waals surface area (Å²) in [7, 11) is 0. The van der Waals surface area contributed by atoms with Crippen molar-refractivity contribution in [2.24, 2.45) is 5.73 Å². The van der Waals surface area contributed by atoms with Crippen molar-refractivity contribution in [3.8, 4) is 0 Å². The van der Waals surface area contributed by atoms with Gasteiger partial charge in [-0.3, -0.25) is 4.79 Å². The molecule has 42 valence electrons. The summed E-state index contributed by atoms with van der Waals surface area (Å²) in [4.78, 5) is 10.3. The number of Topliss-reactive ketones (excluding diaryl/α,β-unsaturated/α-hetero) is 1. The molecule has 0 fully saturated rings. The highest BCUT2D eigenvalue weighted by molar-refractivity contribution is 9.10. The lowest BCUT2D eigenvalue weighted by atomic mass is 10.3. The van der Waals surface area contributed by atoms with Gasteiger partial charge in [0.25, 0.3) is 0 Å². The summed E-state index contributed by atoms with van der Waals surface area (Å²) >= 11 is 3.07. The van der Waals surface area contributed by atoms with Gasteiger partial charge in [0.1, 0.15) is 0 Å². The van der Waals surface area contributed by atoms with Gasteiger partial charge < -0.3 is 5.73 Å². The van der Waals surface area contributed by atoms with Gasteiger partial charge in [0.15, 0.2) is 5.78 Å². The van der Waals surface area contributed by atoms with Crippen LogP contribution in [0.15, 0.2) is 0 Å². The van der Waals surface area contributed by atoms with E-state index in [1.165, 1.54) is 0 Å². The van der Waals surface area contributed by atoms with Crippen LogP contribution in [0.2, 0.25) is 0 Å². The Kier molecular flexibility index (Phi) is 3.21. The number of hydrogen-bond acceptors (Lipinski definition) is 2. The second-order valence-electron chi connectivity index (χ2n) is 1.29. The molecular formula is C4H8BrNO. The maximum Gasteiger partial charge on any atom is 0.159 e. The van der Waals surface area contributed by atoms with E-state index < -0.39 is 0 Å². The fraction of sp³-hybridized carbons (Fsp3) is 0.750. The second kappa shape index (κ2) is 3.16. The zero-order valence-corrected chi connectivity index (χ0v) is 5.73. The summed E-state index contributed by atoms with van der Waals surface area (Å²) in [5.74, 6) is 0.0417. The van der Waals surface area contributed by atoms with Crippen molar-refractivity contribution in [2.75, 3.05) is 6.54 Å². The molecule has 0 amide bonds. The highest BCUT2D eigenvalue weighted by Gasteiger charge is 2.03. The number of nitrogens with two attached hydrogens (primary N) is 1. The molecule has 0 rings (SSSR count). The molecule has 0 heterocycles. The number of ketones is 1. The van der Waals surface area contributed by atoms with Gasteiger partial charge in [0.05, 0.1) is 11.4 Å². The molecule has 0 aromatic heterocycles. The quantitative estimate of drug-likeness (QED) is 0.599. The van der Waals surface area contributed by atoms with Gasteiger partial charge in [-0.15, -0.1) is 0 Å². The molecule has 0 saturated heterocycles. The Balaban J connectivity index is 3.35. The van der Waals surface area contributed by atoms with E-state index in [9.17, 15) is 4.79 Å². The Bertz CT molecular complexity index is 72.1. The third-order valence-corrected chi connectivity index (χ3v) is 1.16. The Labute approximate surface area is 51.2 Å². The summed E-state index contributed by atoms with van der Waals surface area (Å²) in [6.07, 6.45) is 0. The van der Waals surface area contributed by atoms with Crippen molar-refractivity contribution in [3.63, 3.8) is 0 Å². The lowest BCUT2D eigenvalue weighted by molar-refractivity contribution is -0.116. The van der Waals surface area contributed by atoms with Crippen molar-refractivity contribution in [1.82, 2.24) is 0 Å². The molecule has 0 saturated carbocycles. The molecule has 0 spiro atoms.